The van der Waals surface area contributed by atoms with Crippen LogP contribution >= 0.6 is 0 Å². The molecule has 1 aromatic heterocycles. The van der Waals surface area contributed by atoms with Crippen molar-refractivity contribution in [3.63, 3.8) is 0 Å². The van der Waals surface area contributed by atoms with Crippen LogP contribution in [0.25, 0.3) is 0 Å². The van der Waals surface area contributed by atoms with Crippen LogP contribution in [0, 0.1) is 0 Å². The molecule has 82 valence electrons. The Balaban J connectivity index is 1.91. The Kier molecular flexibility index (Phi) is 2.99. The van der Waals surface area contributed by atoms with Crippen molar-refractivity contribution in [1.29, 1.82) is 0 Å². The van der Waals surface area contributed by atoms with Gasteiger partial charge in [0.15, 0.2) is 5.82 Å². The Morgan fingerprint density at radius 2 is 2.40 bits per heavy atom. The van der Waals surface area contributed by atoms with E-state index >= 15 is 0 Å². The van der Waals surface area contributed by atoms with E-state index < -0.39 is 0 Å². The molecule has 1 aliphatic carbocycles. The van der Waals surface area contributed by atoms with Gasteiger partial charge in [0, 0.05) is 5.92 Å². The molecule has 0 aromatic carbocycles. The molecule has 0 radical (unpaired) electrons. The van der Waals surface area contributed by atoms with Gasteiger partial charge in [-0.2, -0.15) is 4.98 Å². The summed E-state index contributed by atoms with van der Waals surface area (Å²) in [6, 6.07) is 0. The number of rotatable bonds is 4. The van der Waals surface area contributed by atoms with Crippen molar-refractivity contribution < 1.29 is 14.1 Å². The van der Waals surface area contributed by atoms with Gasteiger partial charge in [0.25, 0.3) is 0 Å². The average molecular weight is 210 g/mol. The summed E-state index contributed by atoms with van der Waals surface area (Å²) in [6.07, 6.45) is 3.55. The molecule has 5 heteroatoms. The molecule has 1 fully saturated rings. The highest BCUT2D eigenvalue weighted by Crippen LogP contribution is 2.34. The normalized spacial score (nSPS) is 16.1. The molecular formula is C10H14N2O3. The van der Waals surface area contributed by atoms with Gasteiger partial charge in [-0.1, -0.05) is 11.6 Å². The van der Waals surface area contributed by atoms with E-state index in [0.717, 1.165) is 18.7 Å². The predicted octanol–water partition coefficient (Wildman–Crippen LogP) is 1.44. The third-order valence-corrected chi connectivity index (χ3v) is 2.56. The van der Waals surface area contributed by atoms with Gasteiger partial charge in [-0.05, 0) is 19.8 Å². The smallest absolute Gasteiger partial charge is 0.315 e. The maximum Gasteiger partial charge on any atom is 0.315 e. The number of esters is 1. The zero-order chi connectivity index (χ0) is 10.7. The first kappa shape index (κ1) is 10.1. The van der Waals surface area contributed by atoms with Crippen molar-refractivity contribution in [3.05, 3.63) is 11.7 Å². The minimum absolute atomic E-state index is 0.0769. The minimum Gasteiger partial charge on any atom is -0.466 e. The Bertz CT molecular complexity index is 344. The first-order valence-corrected chi connectivity index (χ1v) is 5.27. The van der Waals surface area contributed by atoms with E-state index in [4.69, 9.17) is 9.26 Å². The third kappa shape index (κ3) is 2.34. The molecule has 1 aromatic rings. The number of carbonyl (C=O) groups excluding carboxylic acids is 1. The number of ether oxygens (including phenoxy) is 1. The average Bonchev–Trinajstić information content (AvgIpc) is 2.50. The number of hydrogen-bond acceptors (Lipinski definition) is 5. The van der Waals surface area contributed by atoms with Crippen LogP contribution < -0.4 is 0 Å². The van der Waals surface area contributed by atoms with Gasteiger partial charge in [-0.25, -0.2) is 0 Å². The van der Waals surface area contributed by atoms with Crippen LogP contribution in [-0.4, -0.2) is 22.7 Å². The molecule has 0 unspecified atom stereocenters. The van der Waals surface area contributed by atoms with Crippen LogP contribution in [0.1, 0.15) is 43.8 Å². The highest BCUT2D eigenvalue weighted by molar-refractivity contribution is 5.71. The van der Waals surface area contributed by atoms with Gasteiger partial charge in [0.1, 0.15) is 6.42 Å². The largest absolute Gasteiger partial charge is 0.466 e. The quantitative estimate of drug-likeness (QED) is 0.703. The minimum atomic E-state index is -0.318. The van der Waals surface area contributed by atoms with Crippen LogP contribution in [0.3, 0.4) is 0 Å². The van der Waals surface area contributed by atoms with Crippen molar-refractivity contribution in [2.45, 2.75) is 38.5 Å². The summed E-state index contributed by atoms with van der Waals surface area (Å²) in [5.41, 5.74) is 0. The molecule has 0 spiro atoms. The number of hydrogen-bond donors (Lipinski definition) is 0. The summed E-state index contributed by atoms with van der Waals surface area (Å²) in [4.78, 5) is 15.3. The molecule has 5 nitrogen and oxygen atoms in total. The Hall–Kier alpha value is -1.39. The number of aromatic nitrogens is 2. The van der Waals surface area contributed by atoms with Crippen LogP contribution in [-0.2, 0) is 16.0 Å². The summed E-state index contributed by atoms with van der Waals surface area (Å²) in [6.45, 7) is 2.15. The molecule has 0 aliphatic heterocycles. The van der Waals surface area contributed by atoms with E-state index in [2.05, 4.69) is 10.1 Å². The molecule has 15 heavy (non-hydrogen) atoms. The molecule has 0 saturated heterocycles. The summed E-state index contributed by atoms with van der Waals surface area (Å²) < 4.78 is 9.77. The van der Waals surface area contributed by atoms with E-state index in [-0.39, 0.29) is 12.4 Å². The van der Waals surface area contributed by atoms with Gasteiger partial charge >= 0.3 is 5.97 Å². The number of nitrogens with zero attached hydrogens (tertiary/aromatic N) is 2. The molecule has 0 bridgehead atoms. The van der Waals surface area contributed by atoms with Crippen LogP contribution in [0.5, 0.6) is 0 Å². The van der Waals surface area contributed by atoms with E-state index in [1.54, 1.807) is 6.92 Å². The second-order valence-electron chi connectivity index (χ2n) is 3.66. The van der Waals surface area contributed by atoms with Gasteiger partial charge in [0.05, 0.1) is 6.61 Å². The zero-order valence-corrected chi connectivity index (χ0v) is 8.73. The van der Waals surface area contributed by atoms with E-state index in [0.29, 0.717) is 18.4 Å². The third-order valence-electron chi connectivity index (χ3n) is 2.56. The fourth-order valence-corrected chi connectivity index (χ4v) is 1.51. The lowest BCUT2D eigenvalue weighted by atomic mass is 9.85. The van der Waals surface area contributed by atoms with Crippen LogP contribution in [0.15, 0.2) is 4.52 Å². The first-order chi connectivity index (χ1) is 7.29. The lowest BCUT2D eigenvalue weighted by Crippen LogP contribution is -2.11. The maximum absolute atomic E-state index is 11.1. The highest BCUT2D eigenvalue weighted by atomic mass is 16.5. The lowest BCUT2D eigenvalue weighted by molar-refractivity contribution is -0.142. The number of carbonyl (C=O) groups is 1. The lowest BCUT2D eigenvalue weighted by Gasteiger charge is -2.20. The Morgan fingerprint density at radius 1 is 1.60 bits per heavy atom. The summed E-state index contributed by atoms with van der Waals surface area (Å²) >= 11 is 0. The second-order valence-corrected chi connectivity index (χ2v) is 3.66. The molecule has 1 heterocycles. The SMILES string of the molecule is CCOC(=O)Cc1nc(C2CCC2)no1. The molecule has 0 amide bonds. The van der Waals surface area contributed by atoms with Crippen molar-refractivity contribution in [1.82, 2.24) is 10.1 Å². The van der Waals surface area contributed by atoms with Crippen molar-refractivity contribution in [2.24, 2.45) is 0 Å². The molecule has 2 rings (SSSR count). The topological polar surface area (TPSA) is 65.2 Å². The summed E-state index contributed by atoms with van der Waals surface area (Å²) in [5.74, 6) is 1.21. The van der Waals surface area contributed by atoms with Gasteiger partial charge < -0.3 is 9.26 Å². The molecule has 0 atom stereocenters. The van der Waals surface area contributed by atoms with Crippen LogP contribution in [0.4, 0.5) is 0 Å². The van der Waals surface area contributed by atoms with E-state index in [1.165, 1.54) is 6.42 Å². The Labute approximate surface area is 87.8 Å². The van der Waals surface area contributed by atoms with Crippen molar-refractivity contribution in [2.75, 3.05) is 6.61 Å². The van der Waals surface area contributed by atoms with E-state index in [1.807, 2.05) is 0 Å². The first-order valence-electron chi connectivity index (χ1n) is 5.27. The van der Waals surface area contributed by atoms with Gasteiger partial charge in [-0.3, -0.25) is 4.79 Å². The zero-order valence-electron chi connectivity index (χ0n) is 8.73. The summed E-state index contributed by atoms with van der Waals surface area (Å²) in [5, 5.41) is 3.86. The molecule has 1 aliphatic rings. The van der Waals surface area contributed by atoms with Gasteiger partial charge in [-0.15, -0.1) is 0 Å². The van der Waals surface area contributed by atoms with Crippen LogP contribution in [0.2, 0.25) is 0 Å². The fraction of sp³-hybridized carbons (Fsp3) is 0.700. The predicted molar refractivity (Wildman–Crippen MR) is 51.2 cm³/mol. The van der Waals surface area contributed by atoms with Gasteiger partial charge in [0.2, 0.25) is 5.89 Å². The van der Waals surface area contributed by atoms with Crippen molar-refractivity contribution >= 4 is 5.97 Å². The molecule has 1 saturated carbocycles. The highest BCUT2D eigenvalue weighted by Gasteiger charge is 2.25. The maximum atomic E-state index is 11.1. The monoisotopic (exact) mass is 210 g/mol. The summed E-state index contributed by atoms with van der Waals surface area (Å²) in [7, 11) is 0. The molecule has 0 N–H and O–H groups in total. The second kappa shape index (κ2) is 4.42. The Morgan fingerprint density at radius 3 is 3.00 bits per heavy atom. The molecular weight excluding hydrogens is 196 g/mol. The van der Waals surface area contributed by atoms with E-state index in [9.17, 15) is 4.79 Å². The van der Waals surface area contributed by atoms with Crippen molar-refractivity contribution in [3.8, 4) is 0 Å². The fourth-order valence-electron chi connectivity index (χ4n) is 1.51. The standard InChI is InChI=1S/C10H14N2O3/c1-2-14-9(13)6-8-11-10(12-15-8)7-4-3-5-7/h7H,2-6H2,1H3.